The molecule has 1 fully saturated rings. The molecule has 1 aliphatic heterocycles. The molecule has 6 heteroatoms. The van der Waals surface area contributed by atoms with Crippen molar-refractivity contribution in [3.05, 3.63) is 83.4 Å². The van der Waals surface area contributed by atoms with E-state index in [1.54, 1.807) is 12.1 Å². The highest BCUT2D eigenvalue weighted by Gasteiger charge is 2.22. The van der Waals surface area contributed by atoms with Crippen LogP contribution in [0.25, 0.3) is 0 Å². The van der Waals surface area contributed by atoms with Crippen molar-refractivity contribution in [2.75, 3.05) is 13.1 Å². The van der Waals surface area contributed by atoms with Crippen molar-refractivity contribution in [3.63, 3.8) is 0 Å². The molecule has 168 valence electrons. The number of amides is 1. The zero-order chi connectivity index (χ0) is 22.3. The highest BCUT2D eigenvalue weighted by Crippen LogP contribution is 2.23. The molecule has 1 saturated heterocycles. The maximum atomic E-state index is 13.0. The predicted octanol–water partition coefficient (Wildman–Crippen LogP) is 4.78. The maximum absolute atomic E-state index is 13.0. The molecule has 3 aromatic rings. The smallest absolute Gasteiger partial charge is 0.224 e. The average molecular weight is 436 g/mol. The van der Waals surface area contributed by atoms with Crippen LogP contribution in [-0.4, -0.2) is 33.7 Å². The average Bonchev–Trinajstić information content (AvgIpc) is 3.23. The summed E-state index contributed by atoms with van der Waals surface area (Å²) >= 11 is 0. The highest BCUT2D eigenvalue weighted by molar-refractivity contribution is 5.76. The van der Waals surface area contributed by atoms with E-state index >= 15 is 0 Å². The van der Waals surface area contributed by atoms with Crippen LogP contribution in [0.1, 0.15) is 36.0 Å². The van der Waals surface area contributed by atoms with Gasteiger partial charge in [-0.2, -0.15) is 5.10 Å². The minimum atomic E-state index is -0.263. The summed E-state index contributed by atoms with van der Waals surface area (Å²) in [5.74, 6) is 1.23. The molecule has 0 N–H and O–H groups in total. The van der Waals surface area contributed by atoms with E-state index in [1.807, 2.05) is 28.9 Å². The number of aromatic nitrogens is 2. The van der Waals surface area contributed by atoms with Gasteiger partial charge in [0.1, 0.15) is 18.2 Å². The number of piperidine rings is 1. The number of nitrogens with zero attached hydrogens (tertiary/aromatic N) is 3. The summed E-state index contributed by atoms with van der Waals surface area (Å²) in [6, 6.07) is 14.6. The Morgan fingerprint density at radius 3 is 2.41 bits per heavy atom. The Kier molecular flexibility index (Phi) is 7.20. The molecule has 1 aliphatic rings. The summed E-state index contributed by atoms with van der Waals surface area (Å²) in [5.41, 5.74) is 3.52. The van der Waals surface area contributed by atoms with Crippen LogP contribution in [0.2, 0.25) is 0 Å². The summed E-state index contributed by atoms with van der Waals surface area (Å²) in [4.78, 5) is 14.5. The normalized spacial score (nSPS) is 14.5. The number of carbonyl (C=O) groups excluding carboxylic acids is 1. The SMILES string of the molecule is Cc1cnn(CCC(=O)N2CCC(Cc3ccc(COc4ccc(F)cc4)cc3)CC2)c1. The Balaban J connectivity index is 1.18. The number of hydrogen-bond acceptors (Lipinski definition) is 3. The molecule has 0 saturated carbocycles. The van der Waals surface area contributed by atoms with E-state index in [-0.39, 0.29) is 11.7 Å². The van der Waals surface area contributed by atoms with Crippen LogP contribution in [0.3, 0.4) is 0 Å². The van der Waals surface area contributed by atoms with Gasteiger partial charge >= 0.3 is 0 Å². The molecule has 0 radical (unpaired) electrons. The molecule has 4 rings (SSSR count). The highest BCUT2D eigenvalue weighted by atomic mass is 19.1. The van der Waals surface area contributed by atoms with E-state index < -0.39 is 0 Å². The second-order valence-corrected chi connectivity index (χ2v) is 8.62. The van der Waals surface area contributed by atoms with Crippen LogP contribution in [-0.2, 0) is 24.4 Å². The maximum Gasteiger partial charge on any atom is 0.224 e. The molecule has 2 heterocycles. The van der Waals surface area contributed by atoms with E-state index in [0.717, 1.165) is 43.5 Å². The molecule has 1 amide bonds. The van der Waals surface area contributed by atoms with Crippen LogP contribution in [0.15, 0.2) is 60.9 Å². The quantitative estimate of drug-likeness (QED) is 0.512. The number of hydrogen-bond donors (Lipinski definition) is 0. The third kappa shape index (κ3) is 6.19. The number of ether oxygens (including phenoxy) is 1. The van der Waals surface area contributed by atoms with Gasteiger partial charge in [0.05, 0.1) is 6.20 Å². The van der Waals surface area contributed by atoms with E-state index in [9.17, 15) is 9.18 Å². The Bertz CT molecular complexity index is 1010. The number of halogens is 1. The van der Waals surface area contributed by atoms with Crippen LogP contribution in [0, 0.1) is 18.7 Å². The van der Waals surface area contributed by atoms with Gasteiger partial charge in [-0.05, 0) is 73.1 Å². The van der Waals surface area contributed by atoms with Crippen molar-refractivity contribution < 1.29 is 13.9 Å². The molecule has 0 aliphatic carbocycles. The van der Waals surface area contributed by atoms with E-state index in [2.05, 4.69) is 29.4 Å². The zero-order valence-electron chi connectivity index (χ0n) is 18.5. The fourth-order valence-corrected chi connectivity index (χ4v) is 4.15. The van der Waals surface area contributed by atoms with Crippen molar-refractivity contribution in [2.24, 2.45) is 5.92 Å². The minimum absolute atomic E-state index is 0.224. The van der Waals surface area contributed by atoms with Crippen LogP contribution >= 0.6 is 0 Å². The van der Waals surface area contributed by atoms with Gasteiger partial charge in [-0.15, -0.1) is 0 Å². The second-order valence-electron chi connectivity index (χ2n) is 8.62. The fourth-order valence-electron chi connectivity index (χ4n) is 4.15. The summed E-state index contributed by atoms with van der Waals surface area (Å²) in [7, 11) is 0. The van der Waals surface area contributed by atoms with Gasteiger partial charge in [-0.1, -0.05) is 24.3 Å². The zero-order valence-corrected chi connectivity index (χ0v) is 18.5. The summed E-state index contributed by atoms with van der Waals surface area (Å²) in [6.07, 6.45) is 7.42. The predicted molar refractivity (Wildman–Crippen MR) is 122 cm³/mol. The molecular formula is C26H30FN3O2. The molecular weight excluding hydrogens is 405 g/mol. The Labute approximate surface area is 188 Å². The van der Waals surface area contributed by atoms with E-state index in [0.29, 0.717) is 31.2 Å². The first-order chi connectivity index (χ1) is 15.5. The topological polar surface area (TPSA) is 47.4 Å². The molecule has 0 spiro atoms. The summed E-state index contributed by atoms with van der Waals surface area (Å²) in [6.45, 7) is 4.79. The molecule has 5 nitrogen and oxygen atoms in total. The van der Waals surface area contributed by atoms with Crippen molar-refractivity contribution in [3.8, 4) is 5.75 Å². The van der Waals surface area contributed by atoms with Gasteiger partial charge in [0, 0.05) is 32.3 Å². The Morgan fingerprint density at radius 2 is 1.75 bits per heavy atom. The van der Waals surface area contributed by atoms with Gasteiger partial charge in [0.2, 0.25) is 5.91 Å². The largest absolute Gasteiger partial charge is 0.489 e. The first-order valence-electron chi connectivity index (χ1n) is 11.3. The third-order valence-electron chi connectivity index (χ3n) is 6.05. The van der Waals surface area contributed by atoms with Crippen LogP contribution in [0.4, 0.5) is 4.39 Å². The molecule has 1 aromatic heterocycles. The van der Waals surface area contributed by atoms with Crippen LogP contribution in [0.5, 0.6) is 5.75 Å². The van der Waals surface area contributed by atoms with Crippen molar-refractivity contribution in [2.45, 2.75) is 45.8 Å². The number of carbonyl (C=O) groups is 1. The lowest BCUT2D eigenvalue weighted by atomic mass is 9.90. The Hall–Kier alpha value is -3.15. The van der Waals surface area contributed by atoms with Gasteiger partial charge < -0.3 is 9.64 Å². The lowest BCUT2D eigenvalue weighted by Gasteiger charge is -2.32. The van der Waals surface area contributed by atoms with Gasteiger partial charge in [0.15, 0.2) is 0 Å². The lowest BCUT2D eigenvalue weighted by Crippen LogP contribution is -2.39. The summed E-state index contributed by atoms with van der Waals surface area (Å²) in [5, 5.41) is 4.25. The summed E-state index contributed by atoms with van der Waals surface area (Å²) < 4.78 is 20.5. The Morgan fingerprint density at radius 1 is 1.06 bits per heavy atom. The molecule has 0 atom stereocenters. The molecule has 0 unspecified atom stereocenters. The minimum Gasteiger partial charge on any atom is -0.489 e. The van der Waals surface area contributed by atoms with E-state index in [1.165, 1.54) is 17.7 Å². The third-order valence-corrected chi connectivity index (χ3v) is 6.05. The van der Waals surface area contributed by atoms with Crippen molar-refractivity contribution in [1.29, 1.82) is 0 Å². The molecule has 0 bridgehead atoms. The monoisotopic (exact) mass is 435 g/mol. The lowest BCUT2D eigenvalue weighted by molar-refractivity contribution is -0.132. The first kappa shape index (κ1) is 22.1. The number of aryl methyl sites for hydroxylation is 2. The standard InChI is InChI=1S/C26H30FN3O2/c1-20-17-28-30(18-20)15-12-26(31)29-13-10-22(11-14-29)16-21-2-4-23(5-3-21)19-32-25-8-6-24(27)7-9-25/h2-9,17-18,22H,10-16,19H2,1H3. The van der Waals surface area contributed by atoms with Gasteiger partial charge in [0.25, 0.3) is 0 Å². The van der Waals surface area contributed by atoms with Crippen molar-refractivity contribution >= 4 is 5.91 Å². The number of likely N-dealkylation sites (tertiary alicyclic amines) is 1. The van der Waals surface area contributed by atoms with Crippen molar-refractivity contribution in [1.82, 2.24) is 14.7 Å². The van der Waals surface area contributed by atoms with Gasteiger partial charge in [-0.3, -0.25) is 9.48 Å². The molecule has 2 aromatic carbocycles. The van der Waals surface area contributed by atoms with Gasteiger partial charge in [-0.25, -0.2) is 4.39 Å². The number of rotatable bonds is 8. The van der Waals surface area contributed by atoms with Crippen LogP contribution < -0.4 is 4.74 Å². The molecule has 32 heavy (non-hydrogen) atoms. The fraction of sp³-hybridized carbons (Fsp3) is 0.385. The first-order valence-corrected chi connectivity index (χ1v) is 11.3. The number of benzene rings is 2. The second kappa shape index (κ2) is 10.4. The van der Waals surface area contributed by atoms with E-state index in [4.69, 9.17) is 4.74 Å².